The van der Waals surface area contributed by atoms with E-state index in [1.54, 1.807) is 0 Å². The Kier molecular flexibility index (Phi) is 4.04. The minimum absolute atomic E-state index is 0.379. The van der Waals surface area contributed by atoms with Gasteiger partial charge in [-0.2, -0.15) is 0 Å². The van der Waals surface area contributed by atoms with Crippen molar-refractivity contribution in [3.8, 4) is 0 Å². The lowest BCUT2D eigenvalue weighted by molar-refractivity contribution is 0.110. The van der Waals surface area contributed by atoms with Crippen LogP contribution in [0, 0.1) is 0 Å². The van der Waals surface area contributed by atoms with E-state index in [4.69, 9.17) is 22.1 Å². The normalized spacial score (nSPS) is 20.2. The molecule has 1 aromatic carbocycles. The highest BCUT2D eigenvalue weighted by atomic mass is 35.5. The van der Waals surface area contributed by atoms with Gasteiger partial charge in [0.25, 0.3) is 0 Å². The van der Waals surface area contributed by atoms with Crippen molar-refractivity contribution >= 4 is 17.3 Å². The van der Waals surface area contributed by atoms with E-state index >= 15 is 0 Å². The van der Waals surface area contributed by atoms with Gasteiger partial charge in [-0.05, 0) is 30.5 Å². The van der Waals surface area contributed by atoms with Gasteiger partial charge < -0.3 is 15.8 Å². The smallest absolute Gasteiger partial charge is 0.0700 e. The maximum Gasteiger partial charge on any atom is 0.0700 e. The van der Waals surface area contributed by atoms with Crippen LogP contribution in [0.3, 0.4) is 0 Å². The number of nitrogens with two attached hydrogens (primary N) is 1. The minimum Gasteiger partial charge on any atom is -0.398 e. The molecular formula is C12H17ClN2O. The third kappa shape index (κ3) is 3.11. The summed E-state index contributed by atoms with van der Waals surface area (Å²) in [4.78, 5) is 0. The molecule has 1 saturated heterocycles. The van der Waals surface area contributed by atoms with E-state index in [-0.39, 0.29) is 0 Å². The largest absolute Gasteiger partial charge is 0.398 e. The standard InChI is InChI=1S/C12H17ClN2O/c13-11-6-9(3-4-12(11)14)7-15-8-10-2-1-5-16-10/h3-4,6,10,15H,1-2,5,7-8,14H2. The van der Waals surface area contributed by atoms with Crippen LogP contribution in [0.5, 0.6) is 0 Å². The molecular weight excluding hydrogens is 224 g/mol. The molecule has 16 heavy (non-hydrogen) atoms. The minimum atomic E-state index is 0.379. The van der Waals surface area contributed by atoms with Crippen LogP contribution in [-0.4, -0.2) is 19.3 Å². The fourth-order valence-electron chi connectivity index (χ4n) is 1.86. The fraction of sp³-hybridized carbons (Fsp3) is 0.500. The monoisotopic (exact) mass is 240 g/mol. The Morgan fingerprint density at radius 2 is 2.38 bits per heavy atom. The van der Waals surface area contributed by atoms with E-state index in [2.05, 4.69) is 5.32 Å². The molecule has 88 valence electrons. The van der Waals surface area contributed by atoms with Gasteiger partial charge in [-0.1, -0.05) is 17.7 Å². The van der Waals surface area contributed by atoms with Crippen molar-refractivity contribution in [2.24, 2.45) is 0 Å². The summed E-state index contributed by atoms with van der Waals surface area (Å²) in [5, 5.41) is 3.99. The number of benzene rings is 1. The molecule has 0 radical (unpaired) electrons. The number of hydrogen-bond acceptors (Lipinski definition) is 3. The summed E-state index contributed by atoms with van der Waals surface area (Å²) < 4.78 is 5.53. The highest BCUT2D eigenvalue weighted by molar-refractivity contribution is 6.33. The Bertz CT molecular complexity index is 351. The summed E-state index contributed by atoms with van der Waals surface area (Å²) in [6, 6.07) is 5.73. The lowest BCUT2D eigenvalue weighted by Crippen LogP contribution is -2.25. The Balaban J connectivity index is 1.78. The highest BCUT2D eigenvalue weighted by Gasteiger charge is 2.14. The van der Waals surface area contributed by atoms with Crippen LogP contribution < -0.4 is 11.1 Å². The average Bonchev–Trinajstić information content (AvgIpc) is 2.76. The lowest BCUT2D eigenvalue weighted by atomic mass is 10.2. The molecule has 0 bridgehead atoms. The van der Waals surface area contributed by atoms with Gasteiger partial charge in [0.05, 0.1) is 16.8 Å². The molecule has 0 aromatic heterocycles. The summed E-state index contributed by atoms with van der Waals surface area (Å²) in [7, 11) is 0. The van der Waals surface area contributed by atoms with Crippen LogP contribution in [0.2, 0.25) is 5.02 Å². The third-order valence-corrected chi connectivity index (χ3v) is 3.12. The molecule has 0 amide bonds. The van der Waals surface area contributed by atoms with E-state index in [0.29, 0.717) is 16.8 Å². The second-order valence-corrected chi connectivity index (χ2v) is 4.53. The van der Waals surface area contributed by atoms with Crippen LogP contribution >= 0.6 is 11.6 Å². The first-order valence-electron chi connectivity index (χ1n) is 5.62. The van der Waals surface area contributed by atoms with Gasteiger partial charge in [-0.25, -0.2) is 0 Å². The van der Waals surface area contributed by atoms with Crippen LogP contribution in [0.4, 0.5) is 5.69 Å². The van der Waals surface area contributed by atoms with Crippen molar-refractivity contribution in [1.29, 1.82) is 0 Å². The SMILES string of the molecule is Nc1ccc(CNCC2CCCO2)cc1Cl. The van der Waals surface area contributed by atoms with Crippen molar-refractivity contribution < 1.29 is 4.74 Å². The van der Waals surface area contributed by atoms with Gasteiger partial charge in [0.2, 0.25) is 0 Å². The first-order chi connectivity index (χ1) is 7.75. The molecule has 0 spiro atoms. The van der Waals surface area contributed by atoms with Crippen LogP contribution in [0.15, 0.2) is 18.2 Å². The van der Waals surface area contributed by atoms with Crippen LogP contribution in [0.25, 0.3) is 0 Å². The van der Waals surface area contributed by atoms with Gasteiger partial charge >= 0.3 is 0 Å². The Hall–Kier alpha value is -0.770. The summed E-state index contributed by atoms with van der Waals surface area (Å²) in [5.41, 5.74) is 7.42. The van der Waals surface area contributed by atoms with E-state index in [0.717, 1.165) is 31.7 Å². The van der Waals surface area contributed by atoms with Crippen molar-refractivity contribution in [1.82, 2.24) is 5.32 Å². The number of ether oxygens (including phenoxy) is 1. The Morgan fingerprint density at radius 1 is 1.50 bits per heavy atom. The zero-order valence-electron chi connectivity index (χ0n) is 9.21. The lowest BCUT2D eigenvalue weighted by Gasteiger charge is -2.11. The molecule has 1 heterocycles. The summed E-state index contributed by atoms with van der Waals surface area (Å²) in [5.74, 6) is 0. The van der Waals surface area contributed by atoms with Crippen molar-refractivity contribution in [3.05, 3.63) is 28.8 Å². The first-order valence-corrected chi connectivity index (χ1v) is 6.00. The van der Waals surface area contributed by atoms with E-state index in [1.165, 1.54) is 6.42 Å². The van der Waals surface area contributed by atoms with Crippen molar-refractivity contribution in [2.75, 3.05) is 18.9 Å². The summed E-state index contributed by atoms with van der Waals surface area (Å²) >= 11 is 5.94. The van der Waals surface area contributed by atoms with Crippen molar-refractivity contribution in [3.63, 3.8) is 0 Å². The van der Waals surface area contributed by atoms with E-state index in [9.17, 15) is 0 Å². The van der Waals surface area contributed by atoms with E-state index in [1.807, 2.05) is 18.2 Å². The molecule has 1 unspecified atom stereocenters. The Morgan fingerprint density at radius 3 is 3.06 bits per heavy atom. The van der Waals surface area contributed by atoms with Crippen LogP contribution in [-0.2, 0) is 11.3 Å². The predicted molar refractivity (Wildman–Crippen MR) is 66.5 cm³/mol. The third-order valence-electron chi connectivity index (χ3n) is 2.79. The van der Waals surface area contributed by atoms with Crippen molar-refractivity contribution in [2.45, 2.75) is 25.5 Å². The molecule has 3 nitrogen and oxygen atoms in total. The van der Waals surface area contributed by atoms with Gasteiger partial charge in [0, 0.05) is 19.7 Å². The summed E-state index contributed by atoms with van der Waals surface area (Å²) in [6.07, 6.45) is 2.72. The average molecular weight is 241 g/mol. The Labute approximate surface area is 101 Å². The zero-order valence-corrected chi connectivity index (χ0v) is 9.96. The number of halogens is 1. The number of nitrogens with one attached hydrogen (secondary N) is 1. The molecule has 1 aromatic rings. The molecule has 1 fully saturated rings. The highest BCUT2D eigenvalue weighted by Crippen LogP contribution is 2.19. The van der Waals surface area contributed by atoms with Crippen LogP contribution in [0.1, 0.15) is 18.4 Å². The molecule has 0 saturated carbocycles. The first kappa shape index (κ1) is 11.7. The van der Waals surface area contributed by atoms with Gasteiger partial charge in [-0.3, -0.25) is 0 Å². The zero-order chi connectivity index (χ0) is 11.4. The maximum atomic E-state index is 5.94. The molecule has 0 aliphatic carbocycles. The second kappa shape index (κ2) is 5.53. The molecule has 3 N–H and O–H groups in total. The van der Waals surface area contributed by atoms with E-state index < -0.39 is 0 Å². The number of hydrogen-bond donors (Lipinski definition) is 2. The number of anilines is 1. The summed E-state index contributed by atoms with van der Waals surface area (Å²) in [6.45, 7) is 2.61. The molecule has 1 aliphatic heterocycles. The maximum absolute atomic E-state index is 5.94. The fourth-order valence-corrected chi connectivity index (χ4v) is 2.07. The van der Waals surface area contributed by atoms with Gasteiger partial charge in [0.15, 0.2) is 0 Å². The topological polar surface area (TPSA) is 47.3 Å². The number of rotatable bonds is 4. The molecule has 4 heteroatoms. The molecule has 2 rings (SSSR count). The second-order valence-electron chi connectivity index (χ2n) is 4.12. The quantitative estimate of drug-likeness (QED) is 0.794. The predicted octanol–water partition coefficient (Wildman–Crippen LogP) is 2.19. The number of nitrogen functional groups attached to an aromatic ring is 1. The van der Waals surface area contributed by atoms with Gasteiger partial charge in [-0.15, -0.1) is 0 Å². The van der Waals surface area contributed by atoms with Gasteiger partial charge in [0.1, 0.15) is 0 Å². The molecule has 1 atom stereocenters. The molecule has 1 aliphatic rings.